The zero-order chi connectivity index (χ0) is 8.72. The fraction of sp³-hybridized carbons (Fsp3) is 0.111. The van der Waals surface area contributed by atoms with E-state index in [2.05, 4.69) is 22.6 Å². The molecule has 1 heterocycles. The standard InChI is InChI=1S/C9H6ClIO/c1-5-8(11)6-3-2-4-7(10)9(6)12-5/h2-4H,1H3. The van der Waals surface area contributed by atoms with Crippen molar-refractivity contribution in [3.63, 3.8) is 0 Å². The Bertz CT molecular complexity index is 433. The minimum Gasteiger partial charge on any atom is -0.459 e. The van der Waals surface area contributed by atoms with Gasteiger partial charge < -0.3 is 4.42 Å². The summed E-state index contributed by atoms with van der Waals surface area (Å²) >= 11 is 8.21. The summed E-state index contributed by atoms with van der Waals surface area (Å²) in [5.41, 5.74) is 0.793. The van der Waals surface area contributed by atoms with Gasteiger partial charge in [-0.2, -0.15) is 0 Å². The Kier molecular flexibility index (Phi) is 2.04. The second-order valence-electron chi connectivity index (χ2n) is 2.59. The maximum absolute atomic E-state index is 5.95. The van der Waals surface area contributed by atoms with E-state index < -0.39 is 0 Å². The van der Waals surface area contributed by atoms with Crippen molar-refractivity contribution in [2.75, 3.05) is 0 Å². The molecule has 1 nitrogen and oxygen atoms in total. The smallest absolute Gasteiger partial charge is 0.153 e. The fourth-order valence-electron chi connectivity index (χ4n) is 1.17. The summed E-state index contributed by atoms with van der Waals surface area (Å²) in [5, 5.41) is 1.78. The normalized spacial score (nSPS) is 10.9. The van der Waals surface area contributed by atoms with Crippen LogP contribution in [0.2, 0.25) is 5.02 Å². The van der Waals surface area contributed by atoms with Crippen LogP contribution in [0.5, 0.6) is 0 Å². The van der Waals surface area contributed by atoms with Gasteiger partial charge in [-0.3, -0.25) is 0 Å². The Morgan fingerprint density at radius 1 is 1.42 bits per heavy atom. The molecule has 1 aromatic carbocycles. The van der Waals surface area contributed by atoms with Crippen LogP contribution in [0.1, 0.15) is 5.76 Å². The van der Waals surface area contributed by atoms with E-state index in [9.17, 15) is 0 Å². The molecule has 2 rings (SSSR count). The van der Waals surface area contributed by atoms with E-state index in [-0.39, 0.29) is 0 Å². The summed E-state index contributed by atoms with van der Waals surface area (Å²) < 4.78 is 6.63. The molecule has 0 aliphatic rings. The van der Waals surface area contributed by atoms with Gasteiger partial charge in [0.2, 0.25) is 0 Å². The second kappa shape index (κ2) is 2.92. The van der Waals surface area contributed by atoms with Crippen LogP contribution in [0.4, 0.5) is 0 Å². The van der Waals surface area contributed by atoms with Crippen molar-refractivity contribution in [3.05, 3.63) is 32.6 Å². The molecule has 0 unspecified atom stereocenters. The van der Waals surface area contributed by atoms with Crippen molar-refractivity contribution in [2.24, 2.45) is 0 Å². The highest BCUT2D eigenvalue weighted by Gasteiger charge is 2.09. The van der Waals surface area contributed by atoms with Gasteiger partial charge in [-0.05, 0) is 41.6 Å². The molecule has 0 atom stereocenters. The number of rotatable bonds is 0. The third-order valence-electron chi connectivity index (χ3n) is 1.77. The maximum Gasteiger partial charge on any atom is 0.153 e. The summed E-state index contributed by atoms with van der Waals surface area (Å²) in [4.78, 5) is 0. The lowest BCUT2D eigenvalue weighted by Crippen LogP contribution is -1.68. The number of hydrogen-bond donors (Lipinski definition) is 0. The molecule has 0 fully saturated rings. The molecular formula is C9H6ClIO. The number of aryl methyl sites for hydroxylation is 1. The van der Waals surface area contributed by atoms with Crippen molar-refractivity contribution in [1.82, 2.24) is 0 Å². The Morgan fingerprint density at radius 3 is 2.83 bits per heavy atom. The van der Waals surface area contributed by atoms with Crippen LogP contribution in [0, 0.1) is 10.5 Å². The van der Waals surface area contributed by atoms with E-state index in [0.717, 1.165) is 20.3 Å². The molecule has 0 saturated heterocycles. The molecule has 0 saturated carbocycles. The Labute approximate surface area is 88.8 Å². The van der Waals surface area contributed by atoms with E-state index in [1.54, 1.807) is 0 Å². The fourth-order valence-corrected chi connectivity index (χ4v) is 1.92. The van der Waals surface area contributed by atoms with E-state index >= 15 is 0 Å². The molecule has 0 radical (unpaired) electrons. The lowest BCUT2D eigenvalue weighted by molar-refractivity contribution is 0.576. The summed E-state index contributed by atoms with van der Waals surface area (Å²) in [6, 6.07) is 5.78. The molecule has 0 N–H and O–H groups in total. The molecule has 62 valence electrons. The summed E-state index contributed by atoms with van der Waals surface area (Å²) in [6.07, 6.45) is 0. The first-order chi connectivity index (χ1) is 5.70. The number of benzene rings is 1. The molecule has 3 heteroatoms. The quantitative estimate of drug-likeness (QED) is 0.669. The van der Waals surface area contributed by atoms with Crippen LogP contribution in [0.3, 0.4) is 0 Å². The molecular weight excluding hydrogens is 286 g/mol. The van der Waals surface area contributed by atoms with E-state index in [4.69, 9.17) is 16.0 Å². The molecule has 0 amide bonds. The molecule has 0 aliphatic heterocycles. The van der Waals surface area contributed by atoms with Crippen LogP contribution in [-0.4, -0.2) is 0 Å². The average Bonchev–Trinajstić information content (AvgIpc) is 2.32. The van der Waals surface area contributed by atoms with E-state index in [1.807, 2.05) is 25.1 Å². The maximum atomic E-state index is 5.95. The van der Waals surface area contributed by atoms with Crippen molar-refractivity contribution in [2.45, 2.75) is 6.92 Å². The SMILES string of the molecule is Cc1oc2c(Cl)cccc2c1I. The number of hydrogen-bond acceptors (Lipinski definition) is 1. The van der Waals surface area contributed by atoms with Gasteiger partial charge in [-0.15, -0.1) is 0 Å². The first-order valence-corrected chi connectivity index (χ1v) is 4.99. The van der Waals surface area contributed by atoms with Crippen LogP contribution < -0.4 is 0 Å². The van der Waals surface area contributed by atoms with Gasteiger partial charge in [0.1, 0.15) is 5.76 Å². The van der Waals surface area contributed by atoms with Crippen LogP contribution in [-0.2, 0) is 0 Å². The van der Waals surface area contributed by atoms with E-state index in [1.165, 1.54) is 0 Å². The van der Waals surface area contributed by atoms with Gasteiger partial charge in [0, 0.05) is 5.39 Å². The first kappa shape index (κ1) is 8.38. The van der Waals surface area contributed by atoms with Crippen molar-refractivity contribution < 1.29 is 4.42 Å². The van der Waals surface area contributed by atoms with E-state index in [0.29, 0.717) is 5.02 Å². The van der Waals surface area contributed by atoms with Crippen molar-refractivity contribution in [3.8, 4) is 0 Å². The van der Waals surface area contributed by atoms with Gasteiger partial charge in [-0.25, -0.2) is 0 Å². The Hall–Kier alpha value is -0.220. The Morgan fingerprint density at radius 2 is 2.17 bits per heavy atom. The van der Waals surface area contributed by atoms with Crippen molar-refractivity contribution >= 4 is 45.2 Å². The van der Waals surface area contributed by atoms with Crippen molar-refractivity contribution in [1.29, 1.82) is 0 Å². The predicted molar refractivity (Wildman–Crippen MR) is 58.7 cm³/mol. The summed E-state index contributed by atoms with van der Waals surface area (Å²) in [5.74, 6) is 0.929. The molecule has 1 aromatic heterocycles. The largest absolute Gasteiger partial charge is 0.459 e. The minimum atomic E-state index is 0.679. The second-order valence-corrected chi connectivity index (χ2v) is 4.07. The number of furan rings is 1. The topological polar surface area (TPSA) is 13.1 Å². The average molecular weight is 293 g/mol. The summed E-state index contributed by atoms with van der Waals surface area (Å²) in [6.45, 7) is 1.94. The van der Waals surface area contributed by atoms with Crippen LogP contribution >= 0.6 is 34.2 Å². The highest BCUT2D eigenvalue weighted by Crippen LogP contribution is 2.31. The Balaban J connectivity index is 2.95. The van der Waals surface area contributed by atoms with Gasteiger partial charge in [0.25, 0.3) is 0 Å². The van der Waals surface area contributed by atoms with Gasteiger partial charge >= 0.3 is 0 Å². The third-order valence-corrected chi connectivity index (χ3v) is 3.41. The highest BCUT2D eigenvalue weighted by molar-refractivity contribution is 14.1. The molecule has 0 bridgehead atoms. The highest BCUT2D eigenvalue weighted by atomic mass is 127. The first-order valence-electron chi connectivity index (χ1n) is 3.53. The third kappa shape index (κ3) is 1.13. The lowest BCUT2D eigenvalue weighted by Gasteiger charge is -1.89. The number of fused-ring (bicyclic) bond motifs is 1. The predicted octanol–water partition coefficient (Wildman–Crippen LogP) is 4.00. The molecule has 0 spiro atoms. The lowest BCUT2D eigenvalue weighted by atomic mass is 10.2. The minimum absolute atomic E-state index is 0.679. The zero-order valence-electron chi connectivity index (χ0n) is 6.40. The molecule has 12 heavy (non-hydrogen) atoms. The number of halogens is 2. The zero-order valence-corrected chi connectivity index (χ0v) is 9.31. The molecule has 2 aromatic rings. The monoisotopic (exact) mass is 292 g/mol. The summed E-state index contributed by atoms with van der Waals surface area (Å²) in [7, 11) is 0. The van der Waals surface area contributed by atoms with Crippen LogP contribution in [0.15, 0.2) is 22.6 Å². The molecule has 0 aliphatic carbocycles. The van der Waals surface area contributed by atoms with Gasteiger partial charge in [-0.1, -0.05) is 17.7 Å². The van der Waals surface area contributed by atoms with Crippen LogP contribution in [0.25, 0.3) is 11.0 Å². The van der Waals surface area contributed by atoms with Gasteiger partial charge in [0.05, 0.1) is 8.59 Å². The van der Waals surface area contributed by atoms with Gasteiger partial charge in [0.15, 0.2) is 5.58 Å². The number of para-hydroxylation sites is 1.